The van der Waals surface area contributed by atoms with Gasteiger partial charge in [0.1, 0.15) is 5.75 Å². The summed E-state index contributed by atoms with van der Waals surface area (Å²) in [5.41, 5.74) is 2.99. The van der Waals surface area contributed by atoms with E-state index in [9.17, 15) is 10.2 Å². The largest absolute Gasteiger partial charge is 0.508 e. The van der Waals surface area contributed by atoms with Crippen molar-refractivity contribution in [2.24, 2.45) is 23.2 Å². The van der Waals surface area contributed by atoms with Crippen LogP contribution < -0.4 is 0 Å². The van der Waals surface area contributed by atoms with E-state index in [1.807, 2.05) is 12.1 Å². The van der Waals surface area contributed by atoms with Crippen molar-refractivity contribution < 1.29 is 10.2 Å². The summed E-state index contributed by atoms with van der Waals surface area (Å²) < 4.78 is 0. The average Bonchev–Trinajstić information content (AvgIpc) is 2.89. The summed E-state index contributed by atoms with van der Waals surface area (Å²) in [7, 11) is 0. The minimum absolute atomic E-state index is 0.113. The molecule has 25 heavy (non-hydrogen) atoms. The molecule has 2 N–H and O–H groups in total. The van der Waals surface area contributed by atoms with Crippen molar-refractivity contribution in [3.63, 3.8) is 0 Å². The Hall–Kier alpha value is -0.540. The van der Waals surface area contributed by atoms with Gasteiger partial charge < -0.3 is 10.2 Å². The van der Waals surface area contributed by atoms with Crippen molar-refractivity contribution in [3.05, 3.63) is 29.3 Å². The standard InChI is InChI=1S/C22H31BrO2/c1-22-13-15(4-2-3-11-23)21-17-8-6-16(24)12-14(17)5-7-18(21)19(22)9-10-20(22)25/h6,8,12,15,18-21,24-25H,2-5,7,9-11,13H2,1H3/t15-,18-,19-,20-,21+,22-/m0/s1. The lowest BCUT2D eigenvalue weighted by Gasteiger charge is -2.54. The molecular formula is C22H31BrO2. The van der Waals surface area contributed by atoms with Crippen molar-refractivity contribution in [1.82, 2.24) is 0 Å². The highest BCUT2D eigenvalue weighted by Crippen LogP contribution is 2.63. The summed E-state index contributed by atoms with van der Waals surface area (Å²) >= 11 is 3.57. The van der Waals surface area contributed by atoms with Gasteiger partial charge in [-0.2, -0.15) is 0 Å². The second kappa shape index (κ2) is 6.88. The molecule has 1 aromatic rings. The van der Waals surface area contributed by atoms with E-state index in [1.54, 1.807) is 0 Å². The molecule has 3 aliphatic carbocycles. The van der Waals surface area contributed by atoms with E-state index >= 15 is 0 Å². The van der Waals surface area contributed by atoms with Gasteiger partial charge in [0.25, 0.3) is 0 Å². The van der Waals surface area contributed by atoms with Crippen LogP contribution in [0.4, 0.5) is 0 Å². The smallest absolute Gasteiger partial charge is 0.115 e. The highest BCUT2D eigenvalue weighted by molar-refractivity contribution is 9.09. The van der Waals surface area contributed by atoms with Crippen LogP contribution in [-0.2, 0) is 6.42 Å². The van der Waals surface area contributed by atoms with Crippen LogP contribution in [-0.4, -0.2) is 21.6 Å². The van der Waals surface area contributed by atoms with E-state index in [0.717, 1.165) is 18.2 Å². The number of aromatic hydroxyl groups is 1. The van der Waals surface area contributed by atoms with Crippen LogP contribution >= 0.6 is 15.9 Å². The predicted octanol–water partition coefficient (Wildman–Crippen LogP) is 5.40. The van der Waals surface area contributed by atoms with Crippen molar-refractivity contribution in [1.29, 1.82) is 0 Å². The van der Waals surface area contributed by atoms with Gasteiger partial charge in [0.05, 0.1) is 6.10 Å². The first-order valence-corrected chi connectivity index (χ1v) is 11.2. The molecule has 0 unspecified atom stereocenters. The number of aryl methyl sites for hydroxylation is 1. The molecule has 4 rings (SSSR count). The molecule has 0 heterocycles. The number of phenols is 1. The van der Waals surface area contributed by atoms with E-state index in [1.165, 1.54) is 49.7 Å². The summed E-state index contributed by atoms with van der Waals surface area (Å²) in [5.74, 6) is 3.08. The van der Waals surface area contributed by atoms with Gasteiger partial charge in [-0.1, -0.05) is 35.3 Å². The molecule has 2 fully saturated rings. The Kier molecular flexibility index (Phi) is 4.92. The fraction of sp³-hybridized carbons (Fsp3) is 0.727. The first-order valence-electron chi connectivity index (χ1n) is 10.1. The van der Waals surface area contributed by atoms with Gasteiger partial charge in [0.2, 0.25) is 0 Å². The SMILES string of the molecule is C[C@]12C[C@H](CCCCBr)[C@@H]3c4ccc(O)cc4CC[C@H]3[C@@H]1CC[C@@H]2O. The molecule has 2 nitrogen and oxygen atoms in total. The molecule has 0 aliphatic heterocycles. The van der Waals surface area contributed by atoms with Crippen LogP contribution in [0.3, 0.4) is 0 Å². The summed E-state index contributed by atoms with van der Waals surface area (Å²) in [6.07, 6.45) is 9.32. The topological polar surface area (TPSA) is 40.5 Å². The lowest BCUT2D eigenvalue weighted by atomic mass is 9.51. The third kappa shape index (κ3) is 2.96. The zero-order valence-corrected chi connectivity index (χ0v) is 16.8. The Morgan fingerprint density at radius 2 is 2.04 bits per heavy atom. The monoisotopic (exact) mass is 406 g/mol. The number of hydrogen-bond donors (Lipinski definition) is 2. The summed E-state index contributed by atoms with van der Waals surface area (Å²) in [6.45, 7) is 2.37. The minimum atomic E-state index is -0.113. The Bertz CT molecular complexity index is 630. The lowest BCUT2D eigenvalue weighted by molar-refractivity contribution is -0.0500. The second-order valence-corrected chi connectivity index (χ2v) is 9.76. The molecular weight excluding hydrogens is 376 g/mol. The normalized spacial score (nSPS) is 39.6. The summed E-state index contributed by atoms with van der Waals surface area (Å²) in [6, 6.07) is 6.08. The molecule has 0 amide bonds. The molecule has 3 heteroatoms. The Balaban J connectivity index is 1.70. The number of halogens is 1. The maximum atomic E-state index is 10.8. The first-order chi connectivity index (χ1) is 12.0. The number of rotatable bonds is 4. The van der Waals surface area contributed by atoms with Crippen molar-refractivity contribution >= 4 is 15.9 Å². The van der Waals surface area contributed by atoms with Gasteiger partial charge in [-0.15, -0.1) is 0 Å². The third-order valence-electron chi connectivity index (χ3n) is 7.74. The second-order valence-electron chi connectivity index (χ2n) is 8.97. The molecule has 3 aliphatic rings. The van der Waals surface area contributed by atoms with Crippen LogP contribution in [0.1, 0.15) is 68.9 Å². The van der Waals surface area contributed by atoms with Gasteiger partial charge in [-0.05, 0) is 97.3 Å². The van der Waals surface area contributed by atoms with E-state index in [4.69, 9.17) is 0 Å². The Labute approximate surface area is 160 Å². The van der Waals surface area contributed by atoms with Gasteiger partial charge in [0.15, 0.2) is 0 Å². The molecule has 1 aromatic carbocycles. The molecule has 0 saturated heterocycles. The van der Waals surface area contributed by atoms with E-state index in [0.29, 0.717) is 29.4 Å². The van der Waals surface area contributed by atoms with Crippen molar-refractivity contribution in [3.8, 4) is 5.75 Å². The predicted molar refractivity (Wildman–Crippen MR) is 105 cm³/mol. The molecule has 138 valence electrons. The quantitative estimate of drug-likeness (QED) is 0.518. The Morgan fingerprint density at radius 1 is 1.20 bits per heavy atom. The third-order valence-corrected chi connectivity index (χ3v) is 8.30. The van der Waals surface area contributed by atoms with Gasteiger partial charge in [-0.25, -0.2) is 0 Å². The fourth-order valence-corrected chi connectivity index (χ4v) is 7.03. The molecule has 0 aromatic heterocycles. The van der Waals surface area contributed by atoms with Gasteiger partial charge >= 0.3 is 0 Å². The zero-order valence-electron chi connectivity index (χ0n) is 15.3. The van der Waals surface area contributed by atoms with E-state index < -0.39 is 0 Å². The van der Waals surface area contributed by atoms with E-state index in [2.05, 4.69) is 28.9 Å². The molecule has 2 saturated carbocycles. The van der Waals surface area contributed by atoms with Gasteiger partial charge in [0, 0.05) is 5.33 Å². The Morgan fingerprint density at radius 3 is 2.84 bits per heavy atom. The van der Waals surface area contributed by atoms with Gasteiger partial charge in [-0.3, -0.25) is 0 Å². The average molecular weight is 407 g/mol. The van der Waals surface area contributed by atoms with Crippen LogP contribution in [0.2, 0.25) is 0 Å². The number of aliphatic hydroxyl groups excluding tert-OH is 1. The van der Waals surface area contributed by atoms with E-state index in [-0.39, 0.29) is 11.5 Å². The van der Waals surface area contributed by atoms with Crippen molar-refractivity contribution in [2.75, 3.05) is 5.33 Å². The zero-order chi connectivity index (χ0) is 17.6. The molecule has 0 bridgehead atoms. The first kappa shape index (κ1) is 17.9. The number of fused-ring (bicyclic) bond motifs is 5. The minimum Gasteiger partial charge on any atom is -0.508 e. The number of alkyl halides is 1. The maximum absolute atomic E-state index is 10.8. The fourth-order valence-electron chi connectivity index (χ4n) is 6.63. The number of phenolic OH excluding ortho intramolecular Hbond substituents is 1. The highest BCUT2D eigenvalue weighted by Gasteiger charge is 2.57. The molecule has 6 atom stereocenters. The number of unbranched alkanes of at least 4 members (excludes halogenated alkanes) is 1. The van der Waals surface area contributed by atoms with Crippen molar-refractivity contribution in [2.45, 2.75) is 70.3 Å². The van der Waals surface area contributed by atoms with Crippen LogP contribution in [0.25, 0.3) is 0 Å². The maximum Gasteiger partial charge on any atom is 0.115 e. The lowest BCUT2D eigenvalue weighted by Crippen LogP contribution is -2.47. The number of benzene rings is 1. The summed E-state index contributed by atoms with van der Waals surface area (Å²) in [5, 5.41) is 21.7. The van der Waals surface area contributed by atoms with Crippen LogP contribution in [0.15, 0.2) is 18.2 Å². The number of aliphatic hydroxyl groups is 1. The summed E-state index contributed by atoms with van der Waals surface area (Å²) in [4.78, 5) is 0. The highest BCUT2D eigenvalue weighted by atomic mass is 79.9. The molecule has 0 radical (unpaired) electrons. The van der Waals surface area contributed by atoms with Crippen LogP contribution in [0, 0.1) is 23.2 Å². The van der Waals surface area contributed by atoms with Crippen LogP contribution in [0.5, 0.6) is 5.75 Å². The number of hydrogen-bond acceptors (Lipinski definition) is 2. The molecule has 0 spiro atoms.